The van der Waals surface area contributed by atoms with E-state index in [4.69, 9.17) is 0 Å². The fourth-order valence-electron chi connectivity index (χ4n) is 2.05. The van der Waals surface area contributed by atoms with Crippen LogP contribution in [-0.4, -0.2) is 10.8 Å². The van der Waals surface area contributed by atoms with E-state index in [-0.39, 0.29) is 11.8 Å². The minimum Gasteiger partial charge on any atom is -0.358 e. The Hall–Kier alpha value is -2.69. The molecule has 114 valence electrons. The Morgan fingerprint density at radius 2 is 1.82 bits per heavy atom. The molecule has 22 heavy (non-hydrogen) atoms. The summed E-state index contributed by atoms with van der Waals surface area (Å²) in [6, 6.07) is 17.6. The molecule has 0 aliphatic heterocycles. The van der Waals surface area contributed by atoms with Crippen molar-refractivity contribution in [2.75, 3.05) is 5.43 Å². The molecule has 0 heterocycles. The van der Waals surface area contributed by atoms with Gasteiger partial charge in [-0.3, -0.25) is 0 Å². The zero-order chi connectivity index (χ0) is 15.9. The molecular weight excluding hydrogens is 278 g/mol. The fourth-order valence-corrected chi connectivity index (χ4v) is 2.05. The first-order valence-electron chi connectivity index (χ1n) is 7.18. The number of hydrazone groups is 1. The van der Waals surface area contributed by atoms with E-state index in [1.807, 2.05) is 68.4 Å². The van der Waals surface area contributed by atoms with Gasteiger partial charge in [-0.15, -0.1) is 0 Å². The molecule has 0 spiro atoms. The van der Waals surface area contributed by atoms with Gasteiger partial charge in [-0.2, -0.15) is 5.43 Å². The molecule has 2 rings (SSSR count). The molecule has 0 aliphatic rings. The maximum Gasteiger partial charge on any atom is 0.364 e. The Bertz CT molecular complexity index is 667. The third-order valence-corrected chi connectivity index (χ3v) is 3.09. The van der Waals surface area contributed by atoms with Crippen LogP contribution in [0.25, 0.3) is 11.1 Å². The molecule has 0 aliphatic carbocycles. The highest BCUT2D eigenvalue weighted by Crippen LogP contribution is 2.22. The summed E-state index contributed by atoms with van der Waals surface area (Å²) in [6.45, 7) is 3.85. The normalized spacial score (nSPS) is 11.5. The number of nitrogens with zero attached hydrogens (tertiary/aromatic N) is 2. The summed E-state index contributed by atoms with van der Waals surface area (Å²) in [5.41, 5.74) is 5.64. The summed E-state index contributed by atoms with van der Waals surface area (Å²) < 4.78 is 0. The molecule has 5 nitrogen and oxygen atoms in total. The van der Waals surface area contributed by atoms with Crippen LogP contribution in [-0.2, 0) is 0 Å². The molecule has 0 aromatic heterocycles. The van der Waals surface area contributed by atoms with Gasteiger partial charge in [-0.25, -0.2) is 0 Å². The van der Waals surface area contributed by atoms with E-state index >= 15 is 0 Å². The maximum absolute atomic E-state index is 11.0. The van der Waals surface area contributed by atoms with Crippen LogP contribution in [0.1, 0.15) is 20.3 Å². The molecule has 0 radical (unpaired) electrons. The molecule has 5 heteroatoms. The molecular formula is C17H19N3O2. The minimum absolute atomic E-state index is 0.0554. The van der Waals surface area contributed by atoms with E-state index in [1.54, 1.807) is 0 Å². The van der Waals surface area contributed by atoms with Crippen molar-refractivity contribution in [3.8, 4) is 11.1 Å². The third kappa shape index (κ3) is 4.41. The van der Waals surface area contributed by atoms with Crippen molar-refractivity contribution in [3.05, 3.63) is 64.7 Å². The number of hydrogen-bond acceptors (Lipinski definition) is 4. The first kappa shape index (κ1) is 15.7. The standard InChI is InChI=1S/C17H19N3O2/c1-13(2)11-17(20(21)22)19-18-16-10-6-9-15(12-16)14-7-4-3-5-8-14/h3-10,12-13,18H,11H2,1-2H3/b19-17+. The molecule has 0 fully saturated rings. The Morgan fingerprint density at radius 3 is 2.45 bits per heavy atom. The number of amidine groups is 1. The number of nitrogens with one attached hydrogen (secondary N) is 1. The Morgan fingerprint density at radius 1 is 1.14 bits per heavy atom. The van der Waals surface area contributed by atoms with Crippen LogP contribution in [0.4, 0.5) is 5.69 Å². The monoisotopic (exact) mass is 297 g/mol. The Balaban J connectivity index is 2.18. The van der Waals surface area contributed by atoms with Crippen molar-refractivity contribution in [1.29, 1.82) is 0 Å². The first-order chi connectivity index (χ1) is 10.6. The van der Waals surface area contributed by atoms with Crippen LogP contribution in [0, 0.1) is 16.0 Å². The molecule has 0 amide bonds. The average molecular weight is 297 g/mol. The van der Waals surface area contributed by atoms with Crippen LogP contribution < -0.4 is 5.43 Å². The lowest BCUT2D eigenvalue weighted by atomic mass is 10.1. The third-order valence-electron chi connectivity index (χ3n) is 3.09. The summed E-state index contributed by atoms with van der Waals surface area (Å²) in [4.78, 5) is 10.5. The van der Waals surface area contributed by atoms with E-state index in [0.717, 1.165) is 16.8 Å². The van der Waals surface area contributed by atoms with Gasteiger partial charge in [0.1, 0.15) is 0 Å². The summed E-state index contributed by atoms with van der Waals surface area (Å²) in [6.07, 6.45) is 0.332. The Kier molecular flexibility index (Phi) is 5.25. The second-order valence-corrected chi connectivity index (χ2v) is 5.44. The van der Waals surface area contributed by atoms with Crippen molar-refractivity contribution >= 4 is 11.5 Å². The van der Waals surface area contributed by atoms with Gasteiger partial charge >= 0.3 is 5.84 Å². The number of nitro groups is 1. The number of anilines is 1. The van der Waals surface area contributed by atoms with Crippen molar-refractivity contribution in [2.24, 2.45) is 11.0 Å². The Labute approximate surface area is 129 Å². The lowest BCUT2D eigenvalue weighted by Crippen LogP contribution is -2.16. The van der Waals surface area contributed by atoms with Crippen molar-refractivity contribution < 1.29 is 4.92 Å². The van der Waals surface area contributed by atoms with Gasteiger partial charge in [-0.1, -0.05) is 56.3 Å². The van der Waals surface area contributed by atoms with Crippen LogP contribution in [0.3, 0.4) is 0 Å². The van der Waals surface area contributed by atoms with Gasteiger partial charge in [0, 0.05) is 0 Å². The highest BCUT2D eigenvalue weighted by molar-refractivity contribution is 5.75. The SMILES string of the molecule is CC(C)C/C(=N\Nc1cccc(-c2ccccc2)c1)[N+](=O)[O-]. The topological polar surface area (TPSA) is 67.5 Å². The van der Waals surface area contributed by atoms with Gasteiger partial charge in [0.25, 0.3) is 0 Å². The van der Waals surface area contributed by atoms with Gasteiger partial charge in [0.15, 0.2) is 0 Å². The summed E-state index contributed by atoms with van der Waals surface area (Å²) in [7, 11) is 0. The second kappa shape index (κ2) is 7.36. The van der Waals surface area contributed by atoms with Crippen LogP contribution in [0.5, 0.6) is 0 Å². The van der Waals surface area contributed by atoms with Crippen LogP contribution in [0.15, 0.2) is 59.7 Å². The number of benzene rings is 2. The zero-order valence-electron chi connectivity index (χ0n) is 12.7. The van der Waals surface area contributed by atoms with E-state index in [1.165, 1.54) is 0 Å². The van der Waals surface area contributed by atoms with Crippen molar-refractivity contribution in [3.63, 3.8) is 0 Å². The maximum atomic E-state index is 11.0. The predicted octanol–water partition coefficient (Wildman–Crippen LogP) is 4.40. The summed E-state index contributed by atoms with van der Waals surface area (Å²) in [5.74, 6) is 0.127. The average Bonchev–Trinajstić information content (AvgIpc) is 2.52. The highest BCUT2D eigenvalue weighted by atomic mass is 16.6. The molecule has 1 N–H and O–H groups in total. The largest absolute Gasteiger partial charge is 0.364 e. The lowest BCUT2D eigenvalue weighted by molar-refractivity contribution is -0.353. The molecule has 0 atom stereocenters. The van der Waals surface area contributed by atoms with Gasteiger partial charge < -0.3 is 10.1 Å². The molecule has 2 aromatic carbocycles. The highest BCUT2D eigenvalue weighted by Gasteiger charge is 2.15. The van der Waals surface area contributed by atoms with E-state index in [9.17, 15) is 10.1 Å². The summed E-state index contributed by atoms with van der Waals surface area (Å²) in [5, 5.41) is 14.9. The first-order valence-corrected chi connectivity index (χ1v) is 7.18. The second-order valence-electron chi connectivity index (χ2n) is 5.44. The lowest BCUT2D eigenvalue weighted by Gasteiger charge is -2.04. The number of rotatable bonds is 5. The van der Waals surface area contributed by atoms with Crippen LogP contribution in [0.2, 0.25) is 0 Å². The van der Waals surface area contributed by atoms with Crippen molar-refractivity contribution in [1.82, 2.24) is 0 Å². The molecule has 0 bridgehead atoms. The molecule has 0 saturated heterocycles. The predicted molar refractivity (Wildman–Crippen MR) is 89.4 cm³/mol. The fraction of sp³-hybridized carbons (Fsp3) is 0.235. The van der Waals surface area contributed by atoms with Gasteiger partial charge in [0.05, 0.1) is 17.2 Å². The number of hydrogen-bond donors (Lipinski definition) is 1. The zero-order valence-corrected chi connectivity index (χ0v) is 12.7. The molecule has 0 saturated carbocycles. The van der Waals surface area contributed by atoms with Crippen molar-refractivity contribution in [2.45, 2.75) is 20.3 Å². The van der Waals surface area contributed by atoms with Crippen LogP contribution >= 0.6 is 0 Å². The van der Waals surface area contributed by atoms with Gasteiger partial charge in [-0.05, 0) is 34.1 Å². The molecule has 2 aromatic rings. The smallest absolute Gasteiger partial charge is 0.358 e. The van der Waals surface area contributed by atoms with E-state index in [2.05, 4.69) is 10.5 Å². The van der Waals surface area contributed by atoms with E-state index < -0.39 is 4.92 Å². The summed E-state index contributed by atoms with van der Waals surface area (Å²) >= 11 is 0. The van der Waals surface area contributed by atoms with E-state index in [0.29, 0.717) is 6.42 Å². The van der Waals surface area contributed by atoms with Gasteiger partial charge in [0.2, 0.25) is 0 Å². The minimum atomic E-state index is -0.436. The molecule has 0 unspecified atom stereocenters. The quantitative estimate of drug-likeness (QED) is 0.385.